The van der Waals surface area contributed by atoms with Gasteiger partial charge in [-0.15, -0.1) is 0 Å². The number of hydrogen-bond donors (Lipinski definition) is 0. The molecule has 0 spiro atoms. The number of hydrogen-bond acceptors (Lipinski definition) is 1. The molecule has 1 aromatic carbocycles. The second kappa shape index (κ2) is 2.49. The summed E-state index contributed by atoms with van der Waals surface area (Å²) in [5.41, 5.74) is 0. The highest BCUT2D eigenvalue weighted by atomic mass is 19.1. The molecular weight excluding hydrogens is 119 g/mol. The first-order valence-corrected chi connectivity index (χ1v) is 2.38. The van der Waals surface area contributed by atoms with Crippen molar-refractivity contribution in [3.63, 3.8) is 0 Å². The van der Waals surface area contributed by atoms with E-state index in [0.29, 0.717) is 0 Å². The van der Waals surface area contributed by atoms with Gasteiger partial charge in [-0.25, -0.2) is 4.39 Å². The summed E-state index contributed by atoms with van der Waals surface area (Å²) in [5, 5.41) is 0. The van der Waals surface area contributed by atoms with Crippen molar-refractivity contribution >= 4 is 0 Å². The number of rotatable bonds is 1. The Balaban J connectivity index is 3.39. The molecule has 0 aliphatic rings. The lowest BCUT2D eigenvalue weighted by Gasteiger charge is -1.97. The standard InChI is InChI=1S/C7H7FO/c1-9-7-5-3-2-4-6(7)8/h2-5H,1H3/i2D,3D,4D. The molecule has 0 saturated carbocycles. The average Bonchev–Trinajstić information content (AvgIpc) is 2.08. The molecule has 0 unspecified atom stereocenters. The van der Waals surface area contributed by atoms with E-state index in [4.69, 9.17) is 4.11 Å². The van der Waals surface area contributed by atoms with Crippen LogP contribution in [-0.4, -0.2) is 7.11 Å². The van der Waals surface area contributed by atoms with Crippen LogP contribution in [0.25, 0.3) is 0 Å². The minimum Gasteiger partial charge on any atom is -0.494 e. The Hall–Kier alpha value is -1.05. The zero-order chi connectivity index (χ0) is 9.30. The molecule has 0 bridgehead atoms. The van der Waals surface area contributed by atoms with E-state index < -0.39 is 17.9 Å². The predicted molar refractivity (Wildman–Crippen MR) is 33.0 cm³/mol. The molecule has 2 heteroatoms. The molecule has 48 valence electrons. The summed E-state index contributed by atoms with van der Waals surface area (Å²) in [6, 6.07) is -0.152. The number of benzene rings is 1. The molecule has 1 aromatic rings. The fraction of sp³-hybridized carbons (Fsp3) is 0.143. The van der Waals surface area contributed by atoms with Crippen LogP contribution in [0.15, 0.2) is 24.2 Å². The second-order valence-corrected chi connectivity index (χ2v) is 1.42. The highest BCUT2D eigenvalue weighted by molar-refractivity contribution is 5.23. The number of methoxy groups -OCH3 is 1. The molecule has 0 fully saturated rings. The minimum atomic E-state index is -0.890. The predicted octanol–water partition coefficient (Wildman–Crippen LogP) is 1.83. The third kappa shape index (κ3) is 1.19. The summed E-state index contributed by atoms with van der Waals surface area (Å²) in [7, 11) is 1.25. The minimum absolute atomic E-state index is 0.166. The number of halogens is 1. The van der Waals surface area contributed by atoms with Crippen molar-refractivity contribution in [3.05, 3.63) is 30.0 Å². The Morgan fingerprint density at radius 1 is 1.67 bits per heavy atom. The van der Waals surface area contributed by atoms with Gasteiger partial charge < -0.3 is 4.74 Å². The summed E-state index contributed by atoms with van der Waals surface area (Å²) in [4.78, 5) is 0. The molecule has 0 aliphatic heterocycles. The fourth-order valence-corrected chi connectivity index (χ4v) is 0.466. The van der Waals surface area contributed by atoms with Gasteiger partial charge in [-0.3, -0.25) is 0 Å². The van der Waals surface area contributed by atoms with Crippen molar-refractivity contribution < 1.29 is 13.2 Å². The molecule has 0 saturated heterocycles. The van der Waals surface area contributed by atoms with Crippen LogP contribution < -0.4 is 4.74 Å². The summed E-state index contributed by atoms with van der Waals surface area (Å²) < 4.78 is 38.8. The van der Waals surface area contributed by atoms with Crippen molar-refractivity contribution in [1.29, 1.82) is 0 Å². The first-order chi connectivity index (χ1) is 5.57. The van der Waals surface area contributed by atoms with E-state index in [1.54, 1.807) is 0 Å². The highest BCUT2D eigenvalue weighted by Crippen LogP contribution is 2.13. The van der Waals surface area contributed by atoms with Crippen LogP contribution in [0.1, 0.15) is 4.11 Å². The van der Waals surface area contributed by atoms with Gasteiger partial charge in [0.05, 0.1) is 11.2 Å². The highest BCUT2D eigenvalue weighted by Gasteiger charge is 1.95. The average molecular weight is 129 g/mol. The van der Waals surface area contributed by atoms with Crippen LogP contribution in [0, 0.1) is 5.82 Å². The quantitative estimate of drug-likeness (QED) is 0.562. The van der Waals surface area contributed by atoms with E-state index in [1.807, 2.05) is 0 Å². The molecule has 0 N–H and O–H groups in total. The van der Waals surface area contributed by atoms with Crippen LogP contribution in [0.5, 0.6) is 5.75 Å². The molecule has 0 aliphatic carbocycles. The van der Waals surface area contributed by atoms with E-state index in [0.717, 1.165) is 6.07 Å². The Morgan fingerprint density at radius 3 is 3.11 bits per heavy atom. The van der Waals surface area contributed by atoms with Crippen LogP contribution in [0.2, 0.25) is 0 Å². The normalized spacial score (nSPS) is 13.8. The van der Waals surface area contributed by atoms with Crippen LogP contribution >= 0.6 is 0 Å². The van der Waals surface area contributed by atoms with E-state index >= 15 is 0 Å². The largest absolute Gasteiger partial charge is 0.494 e. The Morgan fingerprint density at radius 2 is 2.44 bits per heavy atom. The van der Waals surface area contributed by atoms with Gasteiger partial charge in [-0.1, -0.05) is 12.1 Å². The summed E-state index contributed by atoms with van der Waals surface area (Å²) >= 11 is 0. The van der Waals surface area contributed by atoms with Crippen LogP contribution in [0.3, 0.4) is 0 Å². The molecule has 0 atom stereocenters. The van der Waals surface area contributed by atoms with Crippen molar-refractivity contribution in [2.75, 3.05) is 7.11 Å². The van der Waals surface area contributed by atoms with Crippen molar-refractivity contribution in [2.24, 2.45) is 0 Å². The second-order valence-electron chi connectivity index (χ2n) is 1.42. The van der Waals surface area contributed by atoms with Crippen molar-refractivity contribution in [1.82, 2.24) is 0 Å². The lowest BCUT2D eigenvalue weighted by Crippen LogP contribution is -1.85. The van der Waals surface area contributed by atoms with Gasteiger partial charge in [-0.2, -0.15) is 0 Å². The molecule has 9 heavy (non-hydrogen) atoms. The summed E-state index contributed by atoms with van der Waals surface area (Å²) in [5.74, 6) is -1.06. The Bertz CT molecular complexity index is 314. The van der Waals surface area contributed by atoms with E-state index in [2.05, 4.69) is 4.74 Å². The van der Waals surface area contributed by atoms with Gasteiger partial charge in [0, 0.05) is 0 Å². The van der Waals surface area contributed by atoms with E-state index in [-0.39, 0.29) is 11.8 Å². The maximum atomic E-state index is 12.9. The molecule has 0 amide bonds. The first kappa shape index (κ1) is 3.20. The van der Waals surface area contributed by atoms with Crippen LogP contribution in [0.4, 0.5) is 4.39 Å². The zero-order valence-electron chi connectivity index (χ0n) is 7.86. The molecule has 1 nitrogen and oxygen atoms in total. The molecule has 0 radical (unpaired) electrons. The summed E-state index contributed by atoms with van der Waals surface area (Å²) in [6.07, 6.45) is 0. The third-order valence-corrected chi connectivity index (χ3v) is 0.884. The Labute approximate surface area is 57.3 Å². The monoisotopic (exact) mass is 129 g/mol. The first-order valence-electron chi connectivity index (χ1n) is 3.88. The topological polar surface area (TPSA) is 9.23 Å². The zero-order valence-corrected chi connectivity index (χ0v) is 4.86. The van der Waals surface area contributed by atoms with Crippen LogP contribution in [-0.2, 0) is 0 Å². The number of para-hydroxylation sites is 1. The maximum absolute atomic E-state index is 12.9. The van der Waals surface area contributed by atoms with E-state index in [1.165, 1.54) is 7.11 Å². The molecule has 0 heterocycles. The van der Waals surface area contributed by atoms with Gasteiger partial charge in [0.25, 0.3) is 0 Å². The van der Waals surface area contributed by atoms with Gasteiger partial charge in [0.15, 0.2) is 11.6 Å². The van der Waals surface area contributed by atoms with Crippen molar-refractivity contribution in [2.45, 2.75) is 0 Å². The number of ether oxygens (including phenoxy) is 1. The maximum Gasteiger partial charge on any atom is 0.165 e. The van der Waals surface area contributed by atoms with Crippen molar-refractivity contribution in [3.8, 4) is 5.75 Å². The molecular formula is C7H7FO. The third-order valence-electron chi connectivity index (χ3n) is 0.884. The smallest absolute Gasteiger partial charge is 0.165 e. The van der Waals surface area contributed by atoms with Gasteiger partial charge in [-0.05, 0) is 12.1 Å². The lowest BCUT2D eigenvalue weighted by molar-refractivity contribution is 0.386. The molecule has 0 aromatic heterocycles. The fourth-order valence-electron chi connectivity index (χ4n) is 0.466. The van der Waals surface area contributed by atoms with Gasteiger partial charge >= 0.3 is 0 Å². The molecule has 1 rings (SSSR count). The summed E-state index contributed by atoms with van der Waals surface area (Å²) in [6.45, 7) is 0. The Kier molecular flexibility index (Phi) is 0.884. The van der Waals surface area contributed by atoms with E-state index in [9.17, 15) is 4.39 Å². The SMILES string of the molecule is [2H]c1cc(OC)c(F)c([2H])c1[2H]. The van der Waals surface area contributed by atoms with Gasteiger partial charge in [0.2, 0.25) is 0 Å². The van der Waals surface area contributed by atoms with Gasteiger partial charge in [0.1, 0.15) is 0 Å². The lowest BCUT2D eigenvalue weighted by atomic mass is 10.3.